The molecule has 3 N–H and O–H groups in total. The van der Waals surface area contributed by atoms with Crippen LogP contribution in [0, 0.1) is 0 Å². The number of amides is 1. The summed E-state index contributed by atoms with van der Waals surface area (Å²) in [7, 11) is 0. The molecule has 0 bridgehead atoms. The number of anilines is 1. The number of carbonyl (C=O) groups excluding carboxylic acids is 1. The predicted molar refractivity (Wildman–Crippen MR) is 76.4 cm³/mol. The highest BCUT2D eigenvalue weighted by Crippen LogP contribution is 2.34. The monoisotopic (exact) mass is 334 g/mol. The van der Waals surface area contributed by atoms with Gasteiger partial charge in [-0.1, -0.05) is 17.7 Å². The Morgan fingerprint density at radius 1 is 1.29 bits per heavy atom. The summed E-state index contributed by atoms with van der Waals surface area (Å²) in [6, 6.07) is 6.64. The maximum atomic E-state index is 12.7. The van der Waals surface area contributed by atoms with Gasteiger partial charge in [0.2, 0.25) is 0 Å². The molecule has 2 aromatic rings. The van der Waals surface area contributed by atoms with Gasteiger partial charge in [0.05, 0.1) is 27.7 Å². The van der Waals surface area contributed by atoms with E-state index in [1.165, 1.54) is 17.4 Å². The Morgan fingerprint density at radius 2 is 2.00 bits per heavy atom. The molecule has 0 unspecified atom stereocenters. The quantitative estimate of drug-likeness (QED) is 0.835. The highest BCUT2D eigenvalue weighted by atomic mass is 35.5. The van der Waals surface area contributed by atoms with Crippen LogP contribution in [0.2, 0.25) is 4.34 Å². The van der Waals surface area contributed by atoms with Gasteiger partial charge >= 0.3 is 6.18 Å². The molecule has 8 heteroatoms. The summed E-state index contributed by atoms with van der Waals surface area (Å²) in [4.78, 5) is 12.7. The molecular weight excluding hydrogens is 325 g/mol. The molecule has 0 spiro atoms. The summed E-state index contributed by atoms with van der Waals surface area (Å²) in [5.74, 6) is -0.664. The molecule has 0 aliphatic rings. The van der Waals surface area contributed by atoms with Gasteiger partial charge in [-0.2, -0.15) is 13.2 Å². The molecule has 0 aliphatic heterocycles. The second kappa shape index (κ2) is 5.95. The molecule has 1 aromatic carbocycles. The average molecular weight is 335 g/mol. The number of thiophene rings is 1. The van der Waals surface area contributed by atoms with Crippen molar-refractivity contribution < 1.29 is 18.0 Å². The molecule has 0 atom stereocenters. The lowest BCUT2D eigenvalue weighted by Crippen LogP contribution is -2.24. The van der Waals surface area contributed by atoms with Crippen LogP contribution in [0.3, 0.4) is 0 Å². The second-order valence-corrected chi connectivity index (χ2v) is 5.95. The van der Waals surface area contributed by atoms with E-state index in [1.807, 2.05) is 0 Å². The minimum atomic E-state index is -4.60. The van der Waals surface area contributed by atoms with Gasteiger partial charge in [-0.3, -0.25) is 4.79 Å². The van der Waals surface area contributed by atoms with Gasteiger partial charge in [0.1, 0.15) is 0 Å². The molecule has 3 nitrogen and oxygen atoms in total. The lowest BCUT2D eigenvalue weighted by molar-refractivity contribution is -0.136. The van der Waals surface area contributed by atoms with E-state index in [1.54, 1.807) is 12.1 Å². The maximum Gasteiger partial charge on any atom is 0.418 e. The fourth-order valence-electron chi connectivity index (χ4n) is 1.72. The van der Waals surface area contributed by atoms with Gasteiger partial charge < -0.3 is 11.1 Å². The summed E-state index contributed by atoms with van der Waals surface area (Å²) in [5.41, 5.74) is 3.65. The van der Waals surface area contributed by atoms with Crippen LogP contribution in [0.1, 0.15) is 20.8 Å². The number of nitrogens with two attached hydrogens (primary N) is 1. The number of rotatable bonds is 3. The van der Waals surface area contributed by atoms with Crippen LogP contribution < -0.4 is 11.1 Å². The topological polar surface area (TPSA) is 55.1 Å². The molecule has 0 fully saturated rings. The van der Waals surface area contributed by atoms with Crippen molar-refractivity contribution in [1.29, 1.82) is 0 Å². The van der Waals surface area contributed by atoms with Crippen molar-refractivity contribution in [3.05, 3.63) is 50.7 Å². The van der Waals surface area contributed by atoms with Crippen molar-refractivity contribution in [2.75, 3.05) is 5.73 Å². The smallest absolute Gasteiger partial charge is 0.398 e. The second-order valence-electron chi connectivity index (χ2n) is 4.15. The summed E-state index contributed by atoms with van der Waals surface area (Å²) < 4.78 is 38.7. The highest BCUT2D eigenvalue weighted by molar-refractivity contribution is 7.16. The van der Waals surface area contributed by atoms with Crippen molar-refractivity contribution in [1.82, 2.24) is 5.32 Å². The van der Waals surface area contributed by atoms with Gasteiger partial charge in [0.15, 0.2) is 0 Å². The Hall–Kier alpha value is -1.73. The number of benzene rings is 1. The minimum absolute atomic E-state index is 0.173. The van der Waals surface area contributed by atoms with Gasteiger partial charge in [0.25, 0.3) is 5.91 Å². The first kappa shape index (κ1) is 15.7. The highest BCUT2D eigenvalue weighted by Gasteiger charge is 2.34. The molecule has 0 aliphatic carbocycles. The van der Waals surface area contributed by atoms with E-state index in [-0.39, 0.29) is 12.1 Å². The van der Waals surface area contributed by atoms with Gasteiger partial charge in [-0.05, 0) is 24.3 Å². The van der Waals surface area contributed by atoms with Crippen molar-refractivity contribution in [3.63, 3.8) is 0 Å². The Kier molecular flexibility index (Phi) is 4.43. The Balaban J connectivity index is 2.16. The molecule has 1 aromatic heterocycles. The Morgan fingerprint density at radius 3 is 2.57 bits per heavy atom. The average Bonchev–Trinajstić information content (AvgIpc) is 2.80. The number of hydrogen-bond acceptors (Lipinski definition) is 3. The SMILES string of the molecule is Nc1c(C(=O)NCc2ccc(Cl)s2)cccc1C(F)(F)F. The summed E-state index contributed by atoms with van der Waals surface area (Å²) in [6.45, 7) is 0.173. The van der Waals surface area contributed by atoms with E-state index in [4.69, 9.17) is 17.3 Å². The zero-order chi connectivity index (χ0) is 15.6. The van der Waals surface area contributed by atoms with E-state index in [2.05, 4.69) is 5.32 Å². The predicted octanol–water partition coefficient (Wildman–Crippen LogP) is 3.93. The Labute approximate surface area is 127 Å². The van der Waals surface area contributed by atoms with Crippen LogP contribution in [0.5, 0.6) is 0 Å². The zero-order valence-electron chi connectivity index (χ0n) is 10.5. The lowest BCUT2D eigenvalue weighted by atomic mass is 10.1. The lowest BCUT2D eigenvalue weighted by Gasteiger charge is -2.13. The van der Waals surface area contributed by atoms with Crippen molar-refractivity contribution >= 4 is 34.5 Å². The number of nitrogens with one attached hydrogen (secondary N) is 1. The molecule has 1 heterocycles. The standard InChI is InChI=1S/C13H10ClF3N2OS/c14-10-5-4-7(21-10)6-19-12(20)8-2-1-3-9(11(8)18)13(15,16)17/h1-5H,6,18H2,(H,19,20). The van der Waals surface area contributed by atoms with Crippen LogP contribution in [-0.4, -0.2) is 5.91 Å². The van der Waals surface area contributed by atoms with E-state index >= 15 is 0 Å². The maximum absolute atomic E-state index is 12.7. The first-order valence-electron chi connectivity index (χ1n) is 5.77. The Bertz CT molecular complexity index is 670. The van der Waals surface area contributed by atoms with Crippen molar-refractivity contribution in [3.8, 4) is 0 Å². The fraction of sp³-hybridized carbons (Fsp3) is 0.154. The van der Waals surface area contributed by atoms with Gasteiger partial charge in [-0.15, -0.1) is 11.3 Å². The third-order valence-corrected chi connectivity index (χ3v) is 3.94. The largest absolute Gasteiger partial charge is 0.418 e. The number of carbonyl (C=O) groups is 1. The van der Waals surface area contributed by atoms with Gasteiger partial charge in [0, 0.05) is 4.88 Å². The summed E-state index contributed by atoms with van der Waals surface area (Å²) >= 11 is 7.03. The first-order valence-corrected chi connectivity index (χ1v) is 6.96. The fourth-order valence-corrected chi connectivity index (χ4v) is 2.75. The molecule has 2 rings (SSSR count). The molecule has 21 heavy (non-hydrogen) atoms. The minimum Gasteiger partial charge on any atom is -0.398 e. The van der Waals surface area contributed by atoms with Crippen LogP contribution >= 0.6 is 22.9 Å². The van der Waals surface area contributed by atoms with Gasteiger partial charge in [-0.25, -0.2) is 0 Å². The third kappa shape index (κ3) is 3.68. The number of para-hydroxylation sites is 1. The number of alkyl halides is 3. The molecule has 112 valence electrons. The summed E-state index contributed by atoms with van der Waals surface area (Å²) in [6.07, 6.45) is -4.60. The first-order chi connectivity index (χ1) is 9.79. The van der Waals surface area contributed by atoms with Crippen LogP contribution in [0.15, 0.2) is 30.3 Å². The van der Waals surface area contributed by atoms with E-state index < -0.39 is 23.3 Å². The number of nitrogen functional groups attached to an aromatic ring is 1. The van der Waals surface area contributed by atoms with E-state index in [0.29, 0.717) is 4.34 Å². The van der Waals surface area contributed by atoms with E-state index in [0.717, 1.165) is 17.0 Å². The molecule has 0 saturated heterocycles. The van der Waals surface area contributed by atoms with Crippen LogP contribution in [-0.2, 0) is 12.7 Å². The number of halogens is 4. The normalized spacial score (nSPS) is 11.4. The molecule has 1 amide bonds. The molecular formula is C13H10ClF3N2OS. The zero-order valence-corrected chi connectivity index (χ0v) is 12.1. The molecule has 0 radical (unpaired) electrons. The third-order valence-electron chi connectivity index (χ3n) is 2.71. The van der Waals surface area contributed by atoms with Crippen molar-refractivity contribution in [2.24, 2.45) is 0 Å². The van der Waals surface area contributed by atoms with Crippen molar-refractivity contribution in [2.45, 2.75) is 12.7 Å². The molecule has 0 saturated carbocycles. The van der Waals surface area contributed by atoms with E-state index in [9.17, 15) is 18.0 Å². The van der Waals surface area contributed by atoms with Crippen LogP contribution in [0.25, 0.3) is 0 Å². The summed E-state index contributed by atoms with van der Waals surface area (Å²) in [5, 5.41) is 2.51. The van der Waals surface area contributed by atoms with Crippen LogP contribution in [0.4, 0.5) is 18.9 Å². The number of hydrogen-bond donors (Lipinski definition) is 2.